The van der Waals surface area contributed by atoms with E-state index >= 15 is 0 Å². The van der Waals surface area contributed by atoms with E-state index in [1.54, 1.807) is 0 Å². The molecule has 1 atom stereocenters. The molecule has 0 amide bonds. The zero-order valence-electron chi connectivity index (χ0n) is 44.5. The van der Waals surface area contributed by atoms with Crippen molar-refractivity contribution in [3.8, 4) is 0 Å². The first-order valence-electron chi connectivity index (χ1n) is 29.3. The maximum absolute atomic E-state index is 12.9. The van der Waals surface area contributed by atoms with Gasteiger partial charge >= 0.3 is 17.9 Å². The summed E-state index contributed by atoms with van der Waals surface area (Å²) in [6, 6.07) is 0. The number of rotatable bonds is 54. The lowest BCUT2D eigenvalue weighted by atomic mass is 10.0. The van der Waals surface area contributed by atoms with Crippen LogP contribution >= 0.6 is 0 Å². The van der Waals surface area contributed by atoms with Gasteiger partial charge in [0.15, 0.2) is 6.10 Å². The Labute approximate surface area is 411 Å². The van der Waals surface area contributed by atoms with E-state index in [1.807, 2.05) is 0 Å². The molecular weight excluding hydrogens is 817 g/mol. The lowest BCUT2D eigenvalue weighted by Crippen LogP contribution is -2.30. The first-order valence-corrected chi connectivity index (χ1v) is 29.3. The SMILES string of the molecule is CCCCC/C=C\C/C=C\CCCCCCCCCC(=O)OC[C@H](COC(=O)CCCCCCCCCCCCCC)OC(=O)CCCCCCCCCCCCCCCCCCCCC. The molecule has 0 unspecified atom stereocenters. The van der Waals surface area contributed by atoms with Crippen molar-refractivity contribution in [1.82, 2.24) is 0 Å². The molecule has 0 aliphatic heterocycles. The van der Waals surface area contributed by atoms with E-state index in [1.165, 1.54) is 212 Å². The smallest absolute Gasteiger partial charge is 0.306 e. The van der Waals surface area contributed by atoms with Crippen LogP contribution in [0.5, 0.6) is 0 Å². The van der Waals surface area contributed by atoms with E-state index in [2.05, 4.69) is 45.1 Å². The third kappa shape index (κ3) is 52.9. The molecule has 0 aromatic rings. The number of carbonyl (C=O) groups excluding carboxylic acids is 3. The van der Waals surface area contributed by atoms with Gasteiger partial charge < -0.3 is 14.2 Å². The summed E-state index contributed by atoms with van der Waals surface area (Å²) in [5.74, 6) is -0.854. The van der Waals surface area contributed by atoms with Crippen molar-refractivity contribution in [2.24, 2.45) is 0 Å². The van der Waals surface area contributed by atoms with Crippen molar-refractivity contribution in [3.63, 3.8) is 0 Å². The van der Waals surface area contributed by atoms with Crippen LogP contribution in [0.3, 0.4) is 0 Å². The van der Waals surface area contributed by atoms with Gasteiger partial charge in [-0.15, -0.1) is 0 Å². The molecule has 0 saturated heterocycles. The number of unbranched alkanes of at least 4 members (excludes halogenated alkanes) is 39. The van der Waals surface area contributed by atoms with Gasteiger partial charge in [0.25, 0.3) is 0 Å². The van der Waals surface area contributed by atoms with E-state index in [0.717, 1.165) is 70.6 Å². The Kier molecular flexibility index (Phi) is 53.7. The predicted molar refractivity (Wildman–Crippen MR) is 284 cm³/mol. The highest BCUT2D eigenvalue weighted by Gasteiger charge is 2.19. The van der Waals surface area contributed by atoms with Gasteiger partial charge in [0, 0.05) is 19.3 Å². The summed E-state index contributed by atoms with van der Waals surface area (Å²) in [5.41, 5.74) is 0. The second kappa shape index (κ2) is 55.5. The summed E-state index contributed by atoms with van der Waals surface area (Å²) in [6.45, 7) is 6.66. The van der Waals surface area contributed by atoms with Crippen LogP contribution in [0.1, 0.15) is 323 Å². The minimum Gasteiger partial charge on any atom is -0.462 e. The van der Waals surface area contributed by atoms with Crippen molar-refractivity contribution >= 4 is 17.9 Å². The van der Waals surface area contributed by atoms with Gasteiger partial charge in [-0.25, -0.2) is 0 Å². The fourth-order valence-electron chi connectivity index (χ4n) is 8.77. The Hall–Kier alpha value is -2.11. The van der Waals surface area contributed by atoms with Crippen molar-refractivity contribution in [1.29, 1.82) is 0 Å². The first kappa shape index (κ1) is 63.9. The van der Waals surface area contributed by atoms with Gasteiger partial charge in [-0.3, -0.25) is 14.4 Å². The van der Waals surface area contributed by atoms with Gasteiger partial charge in [0.1, 0.15) is 13.2 Å². The van der Waals surface area contributed by atoms with E-state index < -0.39 is 6.10 Å². The Morgan fingerprint density at radius 2 is 0.545 bits per heavy atom. The molecule has 0 fully saturated rings. The zero-order valence-corrected chi connectivity index (χ0v) is 44.5. The van der Waals surface area contributed by atoms with Crippen LogP contribution in [0.4, 0.5) is 0 Å². The molecule has 0 bridgehead atoms. The van der Waals surface area contributed by atoms with Crippen LogP contribution in [0.2, 0.25) is 0 Å². The summed E-state index contributed by atoms with van der Waals surface area (Å²) in [7, 11) is 0. The van der Waals surface area contributed by atoms with Gasteiger partial charge in [0.2, 0.25) is 0 Å². The molecule has 0 N–H and O–H groups in total. The molecule has 0 saturated carbocycles. The van der Waals surface area contributed by atoms with Crippen LogP contribution in [0, 0.1) is 0 Å². The number of hydrogen-bond acceptors (Lipinski definition) is 6. The molecule has 0 aromatic heterocycles. The molecule has 0 spiro atoms. The lowest BCUT2D eigenvalue weighted by molar-refractivity contribution is -0.167. The summed E-state index contributed by atoms with van der Waals surface area (Å²) >= 11 is 0. The molecule has 0 aromatic carbocycles. The molecule has 0 aliphatic carbocycles. The van der Waals surface area contributed by atoms with Gasteiger partial charge in [0.05, 0.1) is 0 Å². The number of allylic oxidation sites excluding steroid dienone is 4. The highest BCUT2D eigenvalue weighted by atomic mass is 16.6. The molecule has 0 rings (SSSR count). The van der Waals surface area contributed by atoms with E-state index in [0.29, 0.717) is 19.3 Å². The van der Waals surface area contributed by atoms with Crippen LogP contribution in [-0.4, -0.2) is 37.2 Å². The predicted octanol–water partition coefficient (Wildman–Crippen LogP) is 19.5. The number of carbonyl (C=O) groups is 3. The average molecular weight is 930 g/mol. The maximum atomic E-state index is 12.9. The second-order valence-corrected chi connectivity index (χ2v) is 19.9. The standard InChI is InChI=1S/C60H112O6/c1-4-7-10-13-16-19-22-25-27-29-30-32-34-36-39-42-45-48-51-54-60(63)66-57(55-64-58(61)52-49-46-43-40-37-24-21-18-15-12-9-6-3)56-65-59(62)53-50-47-44-41-38-35-33-31-28-26-23-20-17-14-11-8-5-2/h17,20,26,28,57H,4-16,18-19,21-25,27,29-56H2,1-3H3/b20-17-,28-26-/t57-/m0/s1. The molecule has 6 nitrogen and oxygen atoms in total. The van der Waals surface area contributed by atoms with Crippen LogP contribution < -0.4 is 0 Å². The van der Waals surface area contributed by atoms with Gasteiger partial charge in [-0.1, -0.05) is 276 Å². The number of ether oxygens (including phenoxy) is 3. The second-order valence-electron chi connectivity index (χ2n) is 19.9. The molecule has 0 radical (unpaired) electrons. The van der Waals surface area contributed by atoms with Crippen molar-refractivity contribution in [2.75, 3.05) is 13.2 Å². The molecule has 0 heterocycles. The summed E-state index contributed by atoms with van der Waals surface area (Å²) in [5, 5.41) is 0. The average Bonchev–Trinajstić information content (AvgIpc) is 3.31. The van der Waals surface area contributed by atoms with E-state index in [9.17, 15) is 14.4 Å². The summed E-state index contributed by atoms with van der Waals surface area (Å²) < 4.78 is 16.9. The fourth-order valence-corrected chi connectivity index (χ4v) is 8.77. The Morgan fingerprint density at radius 1 is 0.303 bits per heavy atom. The lowest BCUT2D eigenvalue weighted by Gasteiger charge is -2.18. The minimum atomic E-state index is -0.769. The summed E-state index contributed by atoms with van der Waals surface area (Å²) in [4.78, 5) is 38.1. The highest BCUT2D eigenvalue weighted by Crippen LogP contribution is 2.17. The Balaban J connectivity index is 4.30. The fraction of sp³-hybridized carbons (Fsp3) is 0.883. The monoisotopic (exact) mass is 929 g/mol. The largest absolute Gasteiger partial charge is 0.462 e. The van der Waals surface area contributed by atoms with Gasteiger partial charge in [-0.2, -0.15) is 0 Å². The van der Waals surface area contributed by atoms with E-state index in [-0.39, 0.29) is 31.1 Å². The van der Waals surface area contributed by atoms with Crippen LogP contribution in [0.15, 0.2) is 24.3 Å². The van der Waals surface area contributed by atoms with Crippen LogP contribution in [0.25, 0.3) is 0 Å². The summed E-state index contributed by atoms with van der Waals surface area (Å²) in [6.07, 6.45) is 64.5. The Bertz CT molecular complexity index is 1070. The first-order chi connectivity index (χ1) is 32.5. The van der Waals surface area contributed by atoms with Crippen molar-refractivity contribution in [2.45, 2.75) is 329 Å². The third-order valence-corrected chi connectivity index (χ3v) is 13.2. The quantitative estimate of drug-likeness (QED) is 0.0262. The molecule has 66 heavy (non-hydrogen) atoms. The molecule has 388 valence electrons. The minimum absolute atomic E-state index is 0.0682. The van der Waals surface area contributed by atoms with Crippen LogP contribution in [-0.2, 0) is 28.6 Å². The van der Waals surface area contributed by atoms with Gasteiger partial charge in [-0.05, 0) is 51.4 Å². The third-order valence-electron chi connectivity index (χ3n) is 13.2. The number of hydrogen-bond donors (Lipinski definition) is 0. The zero-order chi connectivity index (χ0) is 47.9. The molecule has 0 aliphatic rings. The molecular formula is C60H112O6. The topological polar surface area (TPSA) is 78.9 Å². The normalized spacial score (nSPS) is 12.1. The number of esters is 3. The van der Waals surface area contributed by atoms with E-state index in [4.69, 9.17) is 14.2 Å². The molecule has 6 heteroatoms. The maximum Gasteiger partial charge on any atom is 0.306 e. The van der Waals surface area contributed by atoms with Crippen molar-refractivity contribution in [3.05, 3.63) is 24.3 Å². The van der Waals surface area contributed by atoms with Crippen molar-refractivity contribution < 1.29 is 28.6 Å². The highest BCUT2D eigenvalue weighted by molar-refractivity contribution is 5.71. The Morgan fingerprint density at radius 3 is 0.864 bits per heavy atom.